The molecule has 8 nitrogen and oxygen atoms in total. The Bertz CT molecular complexity index is 660. The van der Waals surface area contributed by atoms with Crippen LogP contribution in [-0.4, -0.2) is 71.2 Å². The van der Waals surface area contributed by atoms with E-state index in [0.29, 0.717) is 39.0 Å². The van der Waals surface area contributed by atoms with Crippen molar-refractivity contribution in [2.45, 2.75) is 31.3 Å². The Balaban J connectivity index is 1.52. The Morgan fingerprint density at radius 2 is 2.00 bits per heavy atom. The number of carbonyl (C=O) groups is 3. The number of nitrogens with zero attached hydrogens (tertiary/aromatic N) is 2. The van der Waals surface area contributed by atoms with Crippen molar-refractivity contribution in [3.05, 3.63) is 35.9 Å². The van der Waals surface area contributed by atoms with Gasteiger partial charge in [0.25, 0.3) is 0 Å². The summed E-state index contributed by atoms with van der Waals surface area (Å²) in [6.07, 6.45) is 0.974. The molecule has 0 bridgehead atoms. The van der Waals surface area contributed by atoms with Crippen molar-refractivity contribution in [3.8, 4) is 0 Å². The van der Waals surface area contributed by atoms with Gasteiger partial charge in [0.15, 0.2) is 0 Å². The summed E-state index contributed by atoms with van der Waals surface area (Å²) >= 11 is 0. The standard InChI is InChI=1S/C18H24N4O4/c23-16(24)7-6-14(10-13-4-2-1-3-5-13)20-18(26)21-11-15(12-21)22-9-8-19-17(22)25/h1-5,14-15H,6-12H2,(H,19,25)(H,20,26)(H,23,24). The van der Waals surface area contributed by atoms with Gasteiger partial charge in [-0.2, -0.15) is 0 Å². The van der Waals surface area contributed by atoms with Crippen LogP contribution in [-0.2, 0) is 11.2 Å². The van der Waals surface area contributed by atoms with Crippen LogP contribution in [0.25, 0.3) is 0 Å². The lowest BCUT2D eigenvalue weighted by atomic mass is 10.0. The SMILES string of the molecule is O=C(O)CCC(Cc1ccccc1)NC(=O)N1CC(N2CCNC2=O)C1. The minimum atomic E-state index is -0.874. The highest BCUT2D eigenvalue weighted by atomic mass is 16.4. The molecule has 2 aliphatic heterocycles. The fourth-order valence-electron chi connectivity index (χ4n) is 3.34. The zero-order valence-electron chi connectivity index (χ0n) is 14.6. The summed E-state index contributed by atoms with van der Waals surface area (Å²) in [6.45, 7) is 2.34. The zero-order valence-corrected chi connectivity index (χ0v) is 14.6. The van der Waals surface area contributed by atoms with Gasteiger partial charge in [0.2, 0.25) is 0 Å². The summed E-state index contributed by atoms with van der Waals surface area (Å²) in [5.74, 6) is -0.874. The van der Waals surface area contributed by atoms with Crippen LogP contribution >= 0.6 is 0 Å². The van der Waals surface area contributed by atoms with Crippen molar-refractivity contribution in [3.63, 3.8) is 0 Å². The number of amides is 4. The van der Waals surface area contributed by atoms with E-state index in [2.05, 4.69) is 10.6 Å². The van der Waals surface area contributed by atoms with Gasteiger partial charge in [0.1, 0.15) is 0 Å². The van der Waals surface area contributed by atoms with Gasteiger partial charge in [0, 0.05) is 38.6 Å². The molecule has 140 valence electrons. The molecular formula is C18H24N4O4. The van der Waals surface area contributed by atoms with Crippen LogP contribution < -0.4 is 10.6 Å². The van der Waals surface area contributed by atoms with Gasteiger partial charge in [-0.25, -0.2) is 9.59 Å². The summed E-state index contributed by atoms with van der Waals surface area (Å²) in [7, 11) is 0. The predicted octanol–water partition coefficient (Wildman–Crippen LogP) is 0.882. The molecule has 3 N–H and O–H groups in total. The number of aliphatic carboxylic acids is 1. The Morgan fingerprint density at radius 3 is 2.62 bits per heavy atom. The molecule has 8 heteroatoms. The molecule has 4 amide bonds. The Labute approximate surface area is 152 Å². The zero-order chi connectivity index (χ0) is 18.5. The summed E-state index contributed by atoms with van der Waals surface area (Å²) in [5, 5.41) is 14.7. The molecule has 3 rings (SSSR count). The quantitative estimate of drug-likeness (QED) is 0.672. The van der Waals surface area contributed by atoms with E-state index in [-0.39, 0.29) is 30.6 Å². The number of rotatable bonds is 7. The van der Waals surface area contributed by atoms with Crippen LogP contribution in [0, 0.1) is 0 Å². The molecular weight excluding hydrogens is 336 g/mol. The maximum Gasteiger partial charge on any atom is 0.317 e. The fraction of sp³-hybridized carbons (Fsp3) is 0.500. The number of carbonyl (C=O) groups excluding carboxylic acids is 2. The van der Waals surface area contributed by atoms with Gasteiger partial charge >= 0.3 is 18.0 Å². The minimum absolute atomic E-state index is 0.00829. The van der Waals surface area contributed by atoms with Gasteiger partial charge in [0.05, 0.1) is 6.04 Å². The highest BCUT2D eigenvalue weighted by Gasteiger charge is 2.39. The molecule has 2 saturated heterocycles. The lowest BCUT2D eigenvalue weighted by Gasteiger charge is -2.43. The first kappa shape index (κ1) is 18.0. The molecule has 1 aromatic carbocycles. The molecule has 26 heavy (non-hydrogen) atoms. The predicted molar refractivity (Wildman–Crippen MR) is 94.8 cm³/mol. The third-order valence-electron chi connectivity index (χ3n) is 4.84. The molecule has 1 atom stereocenters. The first-order valence-electron chi connectivity index (χ1n) is 8.88. The van der Waals surface area contributed by atoms with Crippen LogP contribution in [0.5, 0.6) is 0 Å². The molecule has 2 fully saturated rings. The van der Waals surface area contributed by atoms with Gasteiger partial charge in [-0.05, 0) is 18.4 Å². The topological polar surface area (TPSA) is 102 Å². The highest BCUT2D eigenvalue weighted by molar-refractivity contribution is 5.79. The van der Waals surface area contributed by atoms with E-state index in [0.717, 1.165) is 5.56 Å². The summed E-state index contributed by atoms with van der Waals surface area (Å²) in [5.41, 5.74) is 1.05. The Morgan fingerprint density at radius 1 is 1.27 bits per heavy atom. The smallest absolute Gasteiger partial charge is 0.317 e. The largest absolute Gasteiger partial charge is 0.481 e. The van der Waals surface area contributed by atoms with Gasteiger partial charge in [-0.15, -0.1) is 0 Å². The molecule has 1 aromatic rings. The molecule has 0 aromatic heterocycles. The molecule has 0 saturated carbocycles. The Kier molecular flexibility index (Phi) is 5.60. The average molecular weight is 360 g/mol. The van der Waals surface area contributed by atoms with E-state index in [1.807, 2.05) is 30.3 Å². The van der Waals surface area contributed by atoms with Crippen LogP contribution in [0.4, 0.5) is 9.59 Å². The maximum atomic E-state index is 12.5. The van der Waals surface area contributed by atoms with Crippen molar-refractivity contribution < 1.29 is 19.5 Å². The van der Waals surface area contributed by atoms with Gasteiger partial charge < -0.3 is 25.5 Å². The number of hydrogen-bond acceptors (Lipinski definition) is 3. The molecule has 2 heterocycles. The normalized spacial score (nSPS) is 18.2. The molecule has 1 unspecified atom stereocenters. The number of nitrogens with one attached hydrogen (secondary N) is 2. The van der Waals surface area contributed by atoms with E-state index in [9.17, 15) is 14.4 Å². The number of likely N-dealkylation sites (tertiary alicyclic amines) is 1. The van der Waals surface area contributed by atoms with Gasteiger partial charge in [-0.1, -0.05) is 30.3 Å². The summed E-state index contributed by atoms with van der Waals surface area (Å²) in [4.78, 5) is 38.4. The van der Waals surface area contributed by atoms with E-state index in [4.69, 9.17) is 5.11 Å². The van der Waals surface area contributed by atoms with Crippen LogP contribution in [0.1, 0.15) is 18.4 Å². The second kappa shape index (κ2) is 8.07. The molecule has 0 radical (unpaired) electrons. The average Bonchev–Trinajstić information content (AvgIpc) is 2.98. The third-order valence-corrected chi connectivity index (χ3v) is 4.84. The van der Waals surface area contributed by atoms with Crippen LogP contribution in [0.3, 0.4) is 0 Å². The third kappa shape index (κ3) is 4.44. The second-order valence-electron chi connectivity index (χ2n) is 6.75. The van der Waals surface area contributed by atoms with Crippen LogP contribution in [0.15, 0.2) is 30.3 Å². The van der Waals surface area contributed by atoms with Crippen molar-refractivity contribution >= 4 is 18.0 Å². The number of carboxylic acids is 1. The number of benzene rings is 1. The van der Waals surface area contributed by atoms with Crippen molar-refractivity contribution in [2.75, 3.05) is 26.2 Å². The van der Waals surface area contributed by atoms with Crippen molar-refractivity contribution in [2.24, 2.45) is 0 Å². The van der Waals surface area contributed by atoms with E-state index >= 15 is 0 Å². The van der Waals surface area contributed by atoms with E-state index in [1.165, 1.54) is 0 Å². The lowest BCUT2D eigenvalue weighted by molar-refractivity contribution is -0.137. The number of carboxylic acid groups (broad SMARTS) is 1. The second-order valence-corrected chi connectivity index (χ2v) is 6.75. The van der Waals surface area contributed by atoms with E-state index in [1.54, 1.807) is 9.80 Å². The van der Waals surface area contributed by atoms with Crippen LogP contribution in [0.2, 0.25) is 0 Å². The van der Waals surface area contributed by atoms with Crippen molar-refractivity contribution in [1.29, 1.82) is 0 Å². The molecule has 0 spiro atoms. The summed E-state index contributed by atoms with van der Waals surface area (Å²) in [6, 6.07) is 9.25. The number of urea groups is 2. The first-order valence-corrected chi connectivity index (χ1v) is 8.88. The first-order chi connectivity index (χ1) is 12.5. The van der Waals surface area contributed by atoms with E-state index < -0.39 is 5.97 Å². The fourth-order valence-corrected chi connectivity index (χ4v) is 3.34. The summed E-state index contributed by atoms with van der Waals surface area (Å²) < 4.78 is 0. The monoisotopic (exact) mass is 360 g/mol. The number of hydrogen-bond donors (Lipinski definition) is 3. The minimum Gasteiger partial charge on any atom is -0.481 e. The molecule has 2 aliphatic rings. The lowest BCUT2D eigenvalue weighted by Crippen LogP contribution is -2.64. The van der Waals surface area contributed by atoms with Crippen molar-refractivity contribution in [1.82, 2.24) is 20.4 Å². The Hall–Kier alpha value is -2.77. The molecule has 0 aliphatic carbocycles. The van der Waals surface area contributed by atoms with Gasteiger partial charge in [-0.3, -0.25) is 4.79 Å². The highest BCUT2D eigenvalue weighted by Crippen LogP contribution is 2.17. The maximum absolute atomic E-state index is 12.5.